The lowest BCUT2D eigenvalue weighted by atomic mass is 10.1. The average molecular weight is 382 g/mol. The molecule has 0 atom stereocenters. The molecule has 150 valence electrons. The van der Waals surface area contributed by atoms with Gasteiger partial charge in [-0.25, -0.2) is 0 Å². The summed E-state index contributed by atoms with van der Waals surface area (Å²) in [6.45, 7) is 9.07. The number of hydrogen-bond acceptors (Lipinski definition) is 4. The highest BCUT2D eigenvalue weighted by Gasteiger charge is 2.16. The van der Waals surface area contributed by atoms with Crippen LogP contribution in [0.2, 0.25) is 0 Å². The third-order valence-electron chi connectivity index (χ3n) is 5.30. The highest BCUT2D eigenvalue weighted by molar-refractivity contribution is 5.96. The van der Waals surface area contributed by atoms with Crippen LogP contribution in [0.25, 0.3) is 0 Å². The second-order valence-corrected chi connectivity index (χ2v) is 7.59. The predicted octanol–water partition coefficient (Wildman–Crippen LogP) is 3.03. The summed E-state index contributed by atoms with van der Waals surface area (Å²) in [4.78, 5) is 17.2. The minimum Gasteiger partial charge on any atom is -0.507 e. The van der Waals surface area contributed by atoms with Gasteiger partial charge in [0.1, 0.15) is 5.75 Å². The van der Waals surface area contributed by atoms with Crippen molar-refractivity contribution in [3.63, 3.8) is 0 Å². The van der Waals surface area contributed by atoms with Crippen LogP contribution in [0.15, 0.2) is 48.5 Å². The SMILES string of the molecule is Cc1ccc(C(=O)NCCCCN2CCN(Cc3ccccc3)CC2)c(O)c1. The number of aromatic hydroxyl groups is 1. The molecule has 2 aromatic rings. The lowest BCUT2D eigenvalue weighted by molar-refractivity contribution is 0.0948. The number of nitrogens with zero attached hydrogens (tertiary/aromatic N) is 2. The average Bonchev–Trinajstić information content (AvgIpc) is 2.69. The lowest BCUT2D eigenvalue weighted by Gasteiger charge is -2.34. The number of benzene rings is 2. The minimum absolute atomic E-state index is 0.0471. The standard InChI is InChI=1S/C23H31N3O2/c1-19-9-10-21(22(27)17-19)23(28)24-11-5-6-12-25-13-15-26(16-14-25)18-20-7-3-2-4-8-20/h2-4,7-10,17,27H,5-6,11-16,18H2,1H3,(H,24,28). The molecule has 1 saturated heterocycles. The number of carbonyl (C=O) groups excluding carboxylic acids is 1. The number of nitrogens with one attached hydrogen (secondary N) is 1. The van der Waals surface area contributed by atoms with E-state index < -0.39 is 0 Å². The molecule has 2 N–H and O–H groups in total. The highest BCUT2D eigenvalue weighted by atomic mass is 16.3. The number of phenols is 1. The molecule has 0 aromatic heterocycles. The molecule has 0 bridgehead atoms. The molecular formula is C23H31N3O2. The summed E-state index contributed by atoms with van der Waals surface area (Å²) in [7, 11) is 0. The van der Waals surface area contributed by atoms with Gasteiger partial charge in [-0.2, -0.15) is 0 Å². The van der Waals surface area contributed by atoms with Crippen molar-refractivity contribution < 1.29 is 9.90 Å². The van der Waals surface area contributed by atoms with Crippen LogP contribution in [0, 0.1) is 6.92 Å². The largest absolute Gasteiger partial charge is 0.507 e. The molecule has 1 heterocycles. The molecule has 0 saturated carbocycles. The van der Waals surface area contributed by atoms with E-state index in [1.807, 2.05) is 13.0 Å². The Kier molecular flexibility index (Phi) is 7.46. The van der Waals surface area contributed by atoms with Crippen molar-refractivity contribution in [1.82, 2.24) is 15.1 Å². The zero-order valence-electron chi connectivity index (χ0n) is 16.7. The summed E-state index contributed by atoms with van der Waals surface area (Å²) >= 11 is 0. The molecular weight excluding hydrogens is 350 g/mol. The van der Waals surface area contributed by atoms with Gasteiger partial charge in [0.25, 0.3) is 5.91 Å². The van der Waals surface area contributed by atoms with Crippen molar-refractivity contribution in [1.29, 1.82) is 0 Å². The van der Waals surface area contributed by atoms with Crippen LogP contribution < -0.4 is 5.32 Å². The Morgan fingerprint density at radius 1 is 1.00 bits per heavy atom. The Bertz CT molecular complexity index is 756. The molecule has 0 aliphatic carbocycles. The number of hydrogen-bond donors (Lipinski definition) is 2. The summed E-state index contributed by atoms with van der Waals surface area (Å²) < 4.78 is 0. The first-order chi connectivity index (χ1) is 13.6. The summed E-state index contributed by atoms with van der Waals surface area (Å²) in [5.74, 6) is -0.155. The van der Waals surface area contributed by atoms with Crippen molar-refractivity contribution in [2.24, 2.45) is 0 Å². The summed E-state index contributed by atoms with van der Waals surface area (Å²) in [5.41, 5.74) is 2.67. The van der Waals surface area contributed by atoms with E-state index in [1.165, 1.54) is 5.56 Å². The number of amides is 1. The molecule has 1 aliphatic heterocycles. The number of piperazine rings is 1. The van der Waals surface area contributed by atoms with Crippen LogP contribution in [0.3, 0.4) is 0 Å². The number of carbonyl (C=O) groups is 1. The van der Waals surface area contributed by atoms with Gasteiger partial charge in [0, 0.05) is 39.3 Å². The van der Waals surface area contributed by atoms with E-state index in [0.29, 0.717) is 12.1 Å². The number of aryl methyl sites for hydroxylation is 1. The maximum atomic E-state index is 12.1. The van der Waals surface area contributed by atoms with Gasteiger partial charge in [0.15, 0.2) is 0 Å². The molecule has 0 unspecified atom stereocenters. The van der Waals surface area contributed by atoms with Crippen LogP contribution in [0.4, 0.5) is 0 Å². The molecule has 28 heavy (non-hydrogen) atoms. The maximum Gasteiger partial charge on any atom is 0.255 e. The number of rotatable bonds is 8. The second-order valence-electron chi connectivity index (χ2n) is 7.59. The quantitative estimate of drug-likeness (QED) is 0.690. The Hall–Kier alpha value is -2.37. The summed E-state index contributed by atoms with van der Waals surface area (Å²) in [6.07, 6.45) is 2.02. The van der Waals surface area contributed by atoms with Gasteiger partial charge in [0.2, 0.25) is 0 Å². The molecule has 0 spiro atoms. The molecule has 1 fully saturated rings. The molecule has 0 radical (unpaired) electrons. The van der Waals surface area contributed by atoms with Crippen LogP contribution in [0.1, 0.15) is 34.3 Å². The van der Waals surface area contributed by atoms with Gasteiger partial charge >= 0.3 is 0 Å². The van der Waals surface area contributed by atoms with Gasteiger partial charge < -0.3 is 15.3 Å². The topological polar surface area (TPSA) is 55.8 Å². The minimum atomic E-state index is -0.202. The zero-order valence-corrected chi connectivity index (χ0v) is 16.7. The third kappa shape index (κ3) is 6.08. The monoisotopic (exact) mass is 381 g/mol. The van der Waals surface area contributed by atoms with Crippen LogP contribution in [-0.4, -0.2) is 60.1 Å². The van der Waals surface area contributed by atoms with Gasteiger partial charge in [-0.05, 0) is 49.6 Å². The van der Waals surface area contributed by atoms with Crippen molar-refractivity contribution in [2.75, 3.05) is 39.3 Å². The first-order valence-electron chi connectivity index (χ1n) is 10.2. The predicted molar refractivity (Wildman–Crippen MR) is 113 cm³/mol. The van der Waals surface area contributed by atoms with Crippen molar-refractivity contribution in [3.05, 3.63) is 65.2 Å². The first-order valence-corrected chi connectivity index (χ1v) is 10.2. The normalized spacial score (nSPS) is 15.5. The van der Waals surface area contributed by atoms with E-state index >= 15 is 0 Å². The van der Waals surface area contributed by atoms with Gasteiger partial charge in [0.05, 0.1) is 5.56 Å². The van der Waals surface area contributed by atoms with E-state index in [9.17, 15) is 9.90 Å². The lowest BCUT2D eigenvalue weighted by Crippen LogP contribution is -2.46. The van der Waals surface area contributed by atoms with Crippen LogP contribution in [-0.2, 0) is 6.54 Å². The van der Waals surface area contributed by atoms with Gasteiger partial charge in [-0.3, -0.25) is 9.69 Å². The fourth-order valence-electron chi connectivity index (χ4n) is 3.60. The van der Waals surface area contributed by atoms with E-state index in [2.05, 4.69) is 45.4 Å². The summed E-state index contributed by atoms with van der Waals surface area (Å²) in [6, 6.07) is 15.8. The number of phenolic OH excluding ortho intramolecular Hbond substituents is 1. The third-order valence-corrected chi connectivity index (χ3v) is 5.30. The van der Waals surface area contributed by atoms with E-state index in [4.69, 9.17) is 0 Å². The van der Waals surface area contributed by atoms with E-state index in [-0.39, 0.29) is 11.7 Å². The van der Waals surface area contributed by atoms with E-state index in [1.54, 1.807) is 12.1 Å². The molecule has 2 aromatic carbocycles. The Labute approximate surface area is 168 Å². The number of unbranched alkanes of at least 4 members (excludes halogenated alkanes) is 1. The van der Waals surface area contributed by atoms with Crippen LogP contribution in [0.5, 0.6) is 5.75 Å². The van der Waals surface area contributed by atoms with Crippen molar-refractivity contribution in [2.45, 2.75) is 26.3 Å². The fraction of sp³-hybridized carbons (Fsp3) is 0.435. The highest BCUT2D eigenvalue weighted by Crippen LogP contribution is 2.18. The Morgan fingerprint density at radius 2 is 1.71 bits per heavy atom. The Balaban J connectivity index is 1.28. The molecule has 3 rings (SSSR count). The van der Waals surface area contributed by atoms with Crippen LogP contribution >= 0.6 is 0 Å². The Morgan fingerprint density at radius 3 is 2.43 bits per heavy atom. The van der Waals surface area contributed by atoms with Crippen molar-refractivity contribution in [3.8, 4) is 5.75 Å². The molecule has 5 heteroatoms. The van der Waals surface area contributed by atoms with Crippen molar-refractivity contribution >= 4 is 5.91 Å². The van der Waals surface area contributed by atoms with E-state index in [0.717, 1.165) is 57.7 Å². The smallest absolute Gasteiger partial charge is 0.255 e. The fourth-order valence-corrected chi connectivity index (χ4v) is 3.60. The maximum absolute atomic E-state index is 12.1. The zero-order chi connectivity index (χ0) is 19.8. The molecule has 1 amide bonds. The molecule has 1 aliphatic rings. The molecule has 5 nitrogen and oxygen atoms in total. The summed E-state index contributed by atoms with van der Waals surface area (Å²) in [5, 5.41) is 12.8. The van der Waals surface area contributed by atoms with Gasteiger partial charge in [-0.15, -0.1) is 0 Å². The second kappa shape index (κ2) is 10.2. The first kappa shape index (κ1) is 20.4. The van der Waals surface area contributed by atoms with Gasteiger partial charge in [-0.1, -0.05) is 36.4 Å².